The SMILES string of the molecule is Cc1ccc(S(=O)(=O)C[C@@H](C)NC(=O)Cc2ccn(C)n2)cc1. The highest BCUT2D eigenvalue weighted by atomic mass is 32.2. The first-order chi connectivity index (χ1) is 10.8. The van der Waals surface area contributed by atoms with Crippen molar-refractivity contribution in [2.45, 2.75) is 31.2 Å². The normalized spacial score (nSPS) is 12.8. The molecule has 1 atom stereocenters. The smallest absolute Gasteiger partial charge is 0.226 e. The predicted octanol–water partition coefficient (Wildman–Crippen LogP) is 1.25. The van der Waals surface area contributed by atoms with Crippen LogP contribution in [0.5, 0.6) is 0 Å². The number of aryl methyl sites for hydroxylation is 2. The van der Waals surface area contributed by atoms with Gasteiger partial charge in [0.25, 0.3) is 0 Å². The van der Waals surface area contributed by atoms with Crippen LogP contribution in [0.4, 0.5) is 0 Å². The zero-order valence-corrected chi connectivity index (χ0v) is 14.3. The number of hydrogen-bond donors (Lipinski definition) is 1. The minimum Gasteiger partial charge on any atom is -0.352 e. The quantitative estimate of drug-likeness (QED) is 0.861. The highest BCUT2D eigenvalue weighted by Crippen LogP contribution is 2.13. The van der Waals surface area contributed by atoms with E-state index in [1.165, 1.54) is 0 Å². The first-order valence-electron chi connectivity index (χ1n) is 7.33. The van der Waals surface area contributed by atoms with Gasteiger partial charge in [0.15, 0.2) is 9.84 Å². The lowest BCUT2D eigenvalue weighted by Gasteiger charge is -2.14. The maximum atomic E-state index is 12.3. The fraction of sp³-hybridized carbons (Fsp3) is 0.375. The van der Waals surface area contributed by atoms with E-state index in [9.17, 15) is 13.2 Å². The van der Waals surface area contributed by atoms with Gasteiger partial charge in [-0.15, -0.1) is 0 Å². The van der Waals surface area contributed by atoms with Crippen molar-refractivity contribution in [2.75, 3.05) is 5.75 Å². The Hall–Kier alpha value is -2.15. The second-order valence-electron chi connectivity index (χ2n) is 5.72. The molecule has 0 aliphatic heterocycles. The van der Waals surface area contributed by atoms with Crippen molar-refractivity contribution in [3.63, 3.8) is 0 Å². The Morgan fingerprint density at radius 3 is 2.48 bits per heavy atom. The highest BCUT2D eigenvalue weighted by Gasteiger charge is 2.20. The number of hydrogen-bond acceptors (Lipinski definition) is 4. The maximum absolute atomic E-state index is 12.3. The molecule has 1 heterocycles. The molecule has 2 rings (SSSR count). The van der Waals surface area contributed by atoms with E-state index in [0.717, 1.165) is 5.56 Å². The third-order valence-corrected chi connectivity index (χ3v) is 5.30. The van der Waals surface area contributed by atoms with E-state index >= 15 is 0 Å². The van der Waals surface area contributed by atoms with Crippen LogP contribution in [-0.2, 0) is 28.1 Å². The zero-order valence-electron chi connectivity index (χ0n) is 13.5. The van der Waals surface area contributed by atoms with E-state index in [4.69, 9.17) is 0 Å². The van der Waals surface area contributed by atoms with Crippen LogP contribution in [-0.4, -0.2) is 35.9 Å². The number of carbonyl (C=O) groups excluding carboxylic acids is 1. The highest BCUT2D eigenvalue weighted by molar-refractivity contribution is 7.91. The van der Waals surface area contributed by atoms with Gasteiger partial charge >= 0.3 is 0 Å². The van der Waals surface area contributed by atoms with E-state index < -0.39 is 15.9 Å². The summed E-state index contributed by atoms with van der Waals surface area (Å²) >= 11 is 0. The van der Waals surface area contributed by atoms with Crippen molar-refractivity contribution in [3.8, 4) is 0 Å². The van der Waals surface area contributed by atoms with Crippen LogP contribution in [0, 0.1) is 6.92 Å². The standard InChI is InChI=1S/C16H21N3O3S/c1-12-4-6-15(7-5-12)23(21,22)11-13(2)17-16(20)10-14-8-9-19(3)18-14/h4-9,13H,10-11H2,1-3H3,(H,17,20)/t13-/m1/s1. The molecule has 124 valence electrons. The summed E-state index contributed by atoms with van der Waals surface area (Å²) < 4.78 is 26.3. The first-order valence-corrected chi connectivity index (χ1v) is 8.99. The van der Waals surface area contributed by atoms with Crippen molar-refractivity contribution < 1.29 is 13.2 Å². The van der Waals surface area contributed by atoms with E-state index in [2.05, 4.69) is 10.4 Å². The van der Waals surface area contributed by atoms with Gasteiger partial charge in [-0.2, -0.15) is 5.10 Å². The lowest BCUT2D eigenvalue weighted by molar-refractivity contribution is -0.120. The fourth-order valence-corrected chi connectivity index (χ4v) is 3.75. The summed E-state index contributed by atoms with van der Waals surface area (Å²) in [5, 5.41) is 6.83. The van der Waals surface area contributed by atoms with Crippen molar-refractivity contribution in [1.82, 2.24) is 15.1 Å². The third-order valence-electron chi connectivity index (χ3n) is 3.37. The second-order valence-corrected chi connectivity index (χ2v) is 7.75. The Morgan fingerprint density at radius 2 is 1.91 bits per heavy atom. The Balaban J connectivity index is 1.94. The topological polar surface area (TPSA) is 81.1 Å². The summed E-state index contributed by atoms with van der Waals surface area (Å²) in [6.07, 6.45) is 1.89. The zero-order chi connectivity index (χ0) is 17.0. The van der Waals surface area contributed by atoms with E-state index in [-0.39, 0.29) is 23.0 Å². The Morgan fingerprint density at radius 1 is 1.26 bits per heavy atom. The third kappa shape index (κ3) is 4.92. The maximum Gasteiger partial charge on any atom is 0.226 e. The van der Waals surface area contributed by atoms with Gasteiger partial charge in [0.2, 0.25) is 5.91 Å². The van der Waals surface area contributed by atoms with Crippen LogP contribution < -0.4 is 5.32 Å². The Bertz CT molecular complexity index is 779. The van der Waals surface area contributed by atoms with Gasteiger partial charge in [0.1, 0.15) is 0 Å². The number of benzene rings is 1. The molecule has 23 heavy (non-hydrogen) atoms. The molecular formula is C16H21N3O3S. The Labute approximate surface area is 136 Å². The molecule has 1 amide bonds. The number of rotatable bonds is 6. The monoisotopic (exact) mass is 335 g/mol. The molecule has 0 aliphatic carbocycles. The van der Waals surface area contributed by atoms with Gasteiger partial charge in [-0.25, -0.2) is 8.42 Å². The molecule has 6 nitrogen and oxygen atoms in total. The first kappa shape index (κ1) is 17.2. The number of sulfone groups is 1. The lowest BCUT2D eigenvalue weighted by atomic mass is 10.2. The summed E-state index contributed by atoms with van der Waals surface area (Å²) in [6, 6.07) is 7.99. The van der Waals surface area contributed by atoms with E-state index in [0.29, 0.717) is 5.69 Å². The van der Waals surface area contributed by atoms with Gasteiger partial charge in [0.05, 0.1) is 22.8 Å². The van der Waals surface area contributed by atoms with Gasteiger partial charge < -0.3 is 5.32 Å². The molecule has 2 aromatic rings. The molecule has 0 spiro atoms. The summed E-state index contributed by atoms with van der Waals surface area (Å²) in [4.78, 5) is 12.2. The van der Waals surface area contributed by atoms with Crippen molar-refractivity contribution in [2.24, 2.45) is 7.05 Å². The van der Waals surface area contributed by atoms with Gasteiger partial charge in [-0.05, 0) is 32.0 Å². The lowest BCUT2D eigenvalue weighted by Crippen LogP contribution is -2.38. The number of carbonyl (C=O) groups is 1. The molecular weight excluding hydrogens is 314 g/mol. The van der Waals surface area contributed by atoms with Crippen molar-refractivity contribution >= 4 is 15.7 Å². The average molecular weight is 335 g/mol. The Kier molecular flexibility index (Phi) is 5.20. The summed E-state index contributed by atoms with van der Waals surface area (Å²) in [5.41, 5.74) is 1.65. The van der Waals surface area contributed by atoms with Crippen LogP contribution in [0.25, 0.3) is 0 Å². The molecule has 0 fully saturated rings. The van der Waals surface area contributed by atoms with Gasteiger partial charge in [-0.1, -0.05) is 17.7 Å². The molecule has 0 unspecified atom stereocenters. The molecule has 0 aliphatic rings. The number of aromatic nitrogens is 2. The molecule has 1 aromatic heterocycles. The van der Waals surface area contributed by atoms with Gasteiger partial charge in [0, 0.05) is 19.3 Å². The average Bonchev–Trinajstić information content (AvgIpc) is 2.83. The second kappa shape index (κ2) is 6.95. The summed E-state index contributed by atoms with van der Waals surface area (Å²) in [6.45, 7) is 3.58. The van der Waals surface area contributed by atoms with E-state index in [1.54, 1.807) is 55.2 Å². The van der Waals surface area contributed by atoms with Crippen LogP contribution >= 0.6 is 0 Å². The molecule has 0 radical (unpaired) electrons. The summed E-state index contributed by atoms with van der Waals surface area (Å²) in [7, 11) is -1.65. The minimum absolute atomic E-state index is 0.135. The van der Waals surface area contributed by atoms with Crippen LogP contribution in [0.3, 0.4) is 0 Å². The number of nitrogens with one attached hydrogen (secondary N) is 1. The molecule has 0 saturated carbocycles. The van der Waals surface area contributed by atoms with Crippen molar-refractivity contribution in [1.29, 1.82) is 0 Å². The van der Waals surface area contributed by atoms with Crippen molar-refractivity contribution in [3.05, 3.63) is 47.8 Å². The van der Waals surface area contributed by atoms with Crippen LogP contribution in [0.1, 0.15) is 18.2 Å². The van der Waals surface area contributed by atoms with Crippen LogP contribution in [0.15, 0.2) is 41.4 Å². The van der Waals surface area contributed by atoms with E-state index in [1.807, 2.05) is 6.92 Å². The molecule has 0 bridgehead atoms. The molecule has 7 heteroatoms. The van der Waals surface area contributed by atoms with Crippen LogP contribution in [0.2, 0.25) is 0 Å². The molecule has 1 aromatic carbocycles. The largest absolute Gasteiger partial charge is 0.352 e. The predicted molar refractivity (Wildman–Crippen MR) is 87.7 cm³/mol. The minimum atomic E-state index is -3.43. The number of amides is 1. The molecule has 1 N–H and O–H groups in total. The molecule has 0 saturated heterocycles. The summed E-state index contributed by atoms with van der Waals surface area (Å²) in [5.74, 6) is -0.375. The number of nitrogens with zero attached hydrogens (tertiary/aromatic N) is 2. The van der Waals surface area contributed by atoms with Gasteiger partial charge in [-0.3, -0.25) is 9.48 Å². The fourth-order valence-electron chi connectivity index (χ4n) is 2.26.